The lowest BCUT2D eigenvalue weighted by atomic mass is 10.1. The van der Waals surface area contributed by atoms with Crippen molar-refractivity contribution in [2.45, 2.75) is 32.2 Å². The van der Waals surface area contributed by atoms with Crippen LogP contribution in [0.4, 0.5) is 0 Å². The topological polar surface area (TPSA) is 75.2 Å². The van der Waals surface area contributed by atoms with Gasteiger partial charge in [-0.1, -0.05) is 12.1 Å². The van der Waals surface area contributed by atoms with Gasteiger partial charge in [-0.2, -0.15) is 0 Å². The molecule has 0 radical (unpaired) electrons. The second-order valence-corrected chi connectivity index (χ2v) is 6.50. The number of esters is 1. The first-order valence-corrected chi connectivity index (χ1v) is 9.65. The van der Waals surface area contributed by atoms with E-state index in [0.29, 0.717) is 19.5 Å². The van der Waals surface area contributed by atoms with E-state index in [1.54, 1.807) is 7.11 Å². The molecule has 1 unspecified atom stereocenters. The molecular weight excluding hydrogens is 471 g/mol. The quantitative estimate of drug-likeness (QED) is 0.233. The Morgan fingerprint density at radius 1 is 1.18 bits per heavy atom. The van der Waals surface area contributed by atoms with Crippen molar-refractivity contribution in [2.75, 3.05) is 46.9 Å². The highest BCUT2D eigenvalue weighted by atomic mass is 127. The van der Waals surface area contributed by atoms with Crippen LogP contribution in [0, 0.1) is 0 Å². The minimum atomic E-state index is -0.230. The van der Waals surface area contributed by atoms with Crippen molar-refractivity contribution in [3.63, 3.8) is 0 Å². The fraction of sp³-hybridized carbons (Fsp3) is 0.600. The summed E-state index contributed by atoms with van der Waals surface area (Å²) in [4.78, 5) is 18.5. The molecule has 0 saturated carbocycles. The lowest BCUT2D eigenvalue weighted by molar-refractivity contribution is -0.140. The third kappa shape index (κ3) is 7.83. The molecule has 0 spiro atoms. The number of likely N-dealkylation sites (tertiary alicyclic amines) is 1. The first-order valence-electron chi connectivity index (χ1n) is 9.65. The fourth-order valence-corrected chi connectivity index (χ4v) is 3.22. The number of carbonyl (C=O) groups excluding carboxylic acids is 1. The SMILES string of the molecule is CCNC(=NCC(c1ccc(OC)cc1)N1CCCC1)NCCC(=O)OC.I. The van der Waals surface area contributed by atoms with Crippen molar-refractivity contribution in [1.29, 1.82) is 0 Å². The van der Waals surface area contributed by atoms with Crippen LogP contribution in [0.2, 0.25) is 0 Å². The Labute approximate surface area is 185 Å². The van der Waals surface area contributed by atoms with Gasteiger partial charge in [0.25, 0.3) is 0 Å². The molecular formula is C20H33IN4O3. The molecule has 1 aliphatic rings. The Morgan fingerprint density at radius 3 is 2.43 bits per heavy atom. The molecule has 0 bridgehead atoms. The van der Waals surface area contributed by atoms with E-state index in [9.17, 15) is 4.79 Å². The molecule has 8 heteroatoms. The average molecular weight is 504 g/mol. The van der Waals surface area contributed by atoms with Gasteiger partial charge in [-0.25, -0.2) is 0 Å². The van der Waals surface area contributed by atoms with Crippen LogP contribution >= 0.6 is 24.0 Å². The molecule has 1 atom stereocenters. The number of benzene rings is 1. The van der Waals surface area contributed by atoms with Gasteiger partial charge in [-0.3, -0.25) is 14.7 Å². The molecule has 28 heavy (non-hydrogen) atoms. The summed E-state index contributed by atoms with van der Waals surface area (Å²) in [6, 6.07) is 8.47. The van der Waals surface area contributed by atoms with E-state index in [1.807, 2.05) is 19.1 Å². The molecule has 158 valence electrons. The Bertz CT molecular complexity index is 604. The van der Waals surface area contributed by atoms with Gasteiger partial charge in [0.15, 0.2) is 5.96 Å². The van der Waals surface area contributed by atoms with E-state index < -0.39 is 0 Å². The number of rotatable bonds is 9. The number of halogens is 1. The number of methoxy groups -OCH3 is 2. The second-order valence-electron chi connectivity index (χ2n) is 6.50. The maximum Gasteiger partial charge on any atom is 0.307 e. The zero-order valence-electron chi connectivity index (χ0n) is 17.1. The van der Waals surface area contributed by atoms with Gasteiger partial charge < -0.3 is 20.1 Å². The molecule has 2 rings (SSSR count). The number of guanidine groups is 1. The van der Waals surface area contributed by atoms with Crippen molar-refractivity contribution >= 4 is 35.9 Å². The number of ether oxygens (including phenoxy) is 2. The van der Waals surface area contributed by atoms with Gasteiger partial charge in [-0.05, 0) is 50.6 Å². The molecule has 0 aliphatic carbocycles. The van der Waals surface area contributed by atoms with E-state index in [2.05, 4.69) is 32.4 Å². The number of hydrogen-bond acceptors (Lipinski definition) is 5. The summed E-state index contributed by atoms with van der Waals surface area (Å²) in [6.07, 6.45) is 2.77. The first kappa shape index (κ1) is 24.5. The van der Waals surface area contributed by atoms with Crippen LogP contribution in [0.1, 0.15) is 37.8 Å². The van der Waals surface area contributed by atoms with E-state index in [-0.39, 0.29) is 36.0 Å². The Kier molecular flexibility index (Phi) is 11.9. The maximum atomic E-state index is 11.3. The van der Waals surface area contributed by atoms with Gasteiger partial charge in [0.2, 0.25) is 0 Å². The largest absolute Gasteiger partial charge is 0.497 e. The third-order valence-electron chi connectivity index (χ3n) is 4.70. The standard InChI is InChI=1S/C20H32N4O3.HI/c1-4-21-20(22-12-11-19(25)27-3)23-15-18(24-13-5-6-14-24)16-7-9-17(26-2)10-8-16;/h7-10,18H,4-6,11-15H2,1-3H3,(H2,21,22,23);1H. The molecule has 1 aromatic carbocycles. The molecule has 7 nitrogen and oxygen atoms in total. The second kappa shape index (κ2) is 13.6. The van der Waals surface area contributed by atoms with Crippen LogP contribution in [0.3, 0.4) is 0 Å². The predicted octanol–water partition coefficient (Wildman–Crippen LogP) is 2.57. The van der Waals surface area contributed by atoms with Gasteiger partial charge >= 0.3 is 5.97 Å². The van der Waals surface area contributed by atoms with Crippen LogP contribution in [-0.4, -0.2) is 63.8 Å². The van der Waals surface area contributed by atoms with Crippen LogP contribution in [-0.2, 0) is 9.53 Å². The van der Waals surface area contributed by atoms with E-state index in [4.69, 9.17) is 9.73 Å². The summed E-state index contributed by atoms with van der Waals surface area (Å²) >= 11 is 0. The Morgan fingerprint density at radius 2 is 1.86 bits per heavy atom. The van der Waals surface area contributed by atoms with Crippen LogP contribution in [0.15, 0.2) is 29.3 Å². The van der Waals surface area contributed by atoms with Crippen molar-refractivity contribution in [3.05, 3.63) is 29.8 Å². The lowest BCUT2D eigenvalue weighted by Crippen LogP contribution is -2.39. The number of carbonyl (C=O) groups is 1. The zero-order valence-corrected chi connectivity index (χ0v) is 19.4. The smallest absolute Gasteiger partial charge is 0.307 e. The van der Waals surface area contributed by atoms with Gasteiger partial charge in [0.05, 0.1) is 33.2 Å². The number of nitrogens with zero attached hydrogens (tertiary/aromatic N) is 2. The number of hydrogen-bond donors (Lipinski definition) is 2. The molecule has 2 N–H and O–H groups in total. The zero-order chi connectivity index (χ0) is 19.5. The summed E-state index contributed by atoms with van der Waals surface area (Å²) in [5, 5.41) is 6.44. The minimum Gasteiger partial charge on any atom is -0.497 e. The molecule has 1 aromatic rings. The Balaban J connectivity index is 0.00000392. The molecule has 1 heterocycles. The molecule has 1 fully saturated rings. The fourth-order valence-electron chi connectivity index (χ4n) is 3.22. The highest BCUT2D eigenvalue weighted by Crippen LogP contribution is 2.27. The predicted molar refractivity (Wildman–Crippen MR) is 123 cm³/mol. The molecule has 0 aromatic heterocycles. The highest BCUT2D eigenvalue weighted by Gasteiger charge is 2.23. The Hall–Kier alpha value is -1.55. The molecule has 1 saturated heterocycles. The molecule has 0 amide bonds. The summed E-state index contributed by atoms with van der Waals surface area (Å²) < 4.78 is 9.96. The van der Waals surface area contributed by atoms with Crippen LogP contribution in [0.25, 0.3) is 0 Å². The van der Waals surface area contributed by atoms with Gasteiger partial charge in [-0.15, -0.1) is 24.0 Å². The summed E-state index contributed by atoms with van der Waals surface area (Å²) in [6.45, 7) is 6.13. The number of aliphatic imine (C=N–C) groups is 1. The number of nitrogens with one attached hydrogen (secondary N) is 2. The third-order valence-corrected chi connectivity index (χ3v) is 4.70. The molecule has 1 aliphatic heterocycles. The lowest BCUT2D eigenvalue weighted by Gasteiger charge is -2.27. The van der Waals surface area contributed by atoms with E-state index in [0.717, 1.165) is 31.3 Å². The van der Waals surface area contributed by atoms with Crippen molar-refractivity contribution < 1.29 is 14.3 Å². The average Bonchev–Trinajstić information content (AvgIpc) is 3.23. The van der Waals surface area contributed by atoms with E-state index >= 15 is 0 Å². The first-order chi connectivity index (χ1) is 13.2. The van der Waals surface area contributed by atoms with Crippen LogP contribution < -0.4 is 15.4 Å². The van der Waals surface area contributed by atoms with Crippen molar-refractivity contribution in [2.24, 2.45) is 4.99 Å². The van der Waals surface area contributed by atoms with Crippen LogP contribution in [0.5, 0.6) is 5.75 Å². The van der Waals surface area contributed by atoms with Crippen molar-refractivity contribution in [3.8, 4) is 5.75 Å². The van der Waals surface area contributed by atoms with Gasteiger partial charge in [0.1, 0.15) is 5.75 Å². The van der Waals surface area contributed by atoms with Crippen molar-refractivity contribution in [1.82, 2.24) is 15.5 Å². The normalized spacial score (nSPS) is 15.5. The minimum absolute atomic E-state index is 0. The van der Waals surface area contributed by atoms with E-state index in [1.165, 1.54) is 25.5 Å². The summed E-state index contributed by atoms with van der Waals surface area (Å²) in [5.74, 6) is 1.35. The maximum absolute atomic E-state index is 11.3. The summed E-state index contributed by atoms with van der Waals surface area (Å²) in [5.41, 5.74) is 1.24. The monoisotopic (exact) mass is 504 g/mol. The highest BCUT2D eigenvalue weighted by molar-refractivity contribution is 14.0. The summed E-state index contributed by atoms with van der Waals surface area (Å²) in [7, 11) is 3.08. The van der Waals surface area contributed by atoms with Gasteiger partial charge in [0, 0.05) is 13.1 Å².